The number of nitrogens with one attached hydrogen (secondary N) is 3. The fraction of sp³-hybridized carbons (Fsp3) is 0.512. The number of aromatic amines is 2. The van der Waals surface area contributed by atoms with Crippen molar-refractivity contribution in [3.63, 3.8) is 0 Å². The van der Waals surface area contributed by atoms with Gasteiger partial charge in [0.15, 0.2) is 0 Å². The molecule has 2 aliphatic carbocycles. The van der Waals surface area contributed by atoms with Crippen LogP contribution in [0.25, 0.3) is 33.6 Å². The van der Waals surface area contributed by atoms with Gasteiger partial charge in [-0.25, -0.2) is 19.6 Å². The molecule has 0 bridgehead atoms. The highest BCUT2D eigenvalue weighted by Crippen LogP contribution is 2.41. The Hall–Kier alpha value is -4.60. The predicted molar refractivity (Wildman–Crippen MR) is 198 cm³/mol. The van der Waals surface area contributed by atoms with Gasteiger partial charge in [0.1, 0.15) is 22.9 Å². The van der Waals surface area contributed by atoms with E-state index in [9.17, 15) is 9.59 Å². The van der Waals surface area contributed by atoms with E-state index in [-0.39, 0.29) is 29.7 Å². The molecule has 2 amide bonds. The molecule has 51 heavy (non-hydrogen) atoms. The Balaban J connectivity index is 1.07. The molecule has 270 valence electrons. The highest BCUT2D eigenvalue weighted by Gasteiger charge is 2.44. The lowest BCUT2D eigenvalue weighted by atomic mass is 9.84. The van der Waals surface area contributed by atoms with Crippen molar-refractivity contribution >= 4 is 12.2 Å². The second kappa shape index (κ2) is 13.2. The van der Waals surface area contributed by atoms with Crippen LogP contribution in [0.2, 0.25) is 0 Å². The van der Waals surface area contributed by atoms with E-state index < -0.39 is 11.2 Å². The van der Waals surface area contributed by atoms with E-state index in [1.165, 1.54) is 11.1 Å². The van der Waals surface area contributed by atoms with Crippen molar-refractivity contribution in [2.45, 2.75) is 129 Å². The molecule has 7 rings (SSSR count). The molecule has 2 aromatic carbocycles. The van der Waals surface area contributed by atoms with Crippen molar-refractivity contribution in [2.24, 2.45) is 0 Å². The normalized spacial score (nSPS) is 21.9. The molecule has 3 unspecified atom stereocenters. The first-order valence-corrected chi connectivity index (χ1v) is 18.5. The van der Waals surface area contributed by atoms with Gasteiger partial charge in [0.2, 0.25) is 0 Å². The summed E-state index contributed by atoms with van der Waals surface area (Å²) in [6.45, 7) is 14.2. The first kappa shape index (κ1) is 34.8. The standard InChI is InChI=1S/C41H52N6O4/c1-39(2,3)50-37(48)45-33-14-9-21-41(33,7)36-42-24-31(44-36)26-17-15-25(16-18-26)27-19-20-29-28(23-27)11-8-12-30-34(29)46-35(43-30)32-13-10-22-47(32)38(49)51-40(4,5)6/h15-20,23-24,32-33H,8-14,21-22H2,1-7H3,(H,42,44)(H,43,46)(H,45,48). The monoisotopic (exact) mass is 692 g/mol. The second-order valence-corrected chi connectivity index (χ2v) is 16.7. The Bertz CT molecular complexity index is 1910. The molecule has 0 radical (unpaired) electrons. The van der Waals surface area contributed by atoms with Crippen LogP contribution in [0.15, 0.2) is 48.7 Å². The summed E-state index contributed by atoms with van der Waals surface area (Å²) in [5, 5.41) is 3.11. The van der Waals surface area contributed by atoms with Crippen LogP contribution in [-0.2, 0) is 27.7 Å². The number of H-pyrrole nitrogens is 2. The molecule has 10 heteroatoms. The zero-order valence-electron chi connectivity index (χ0n) is 31.1. The second-order valence-electron chi connectivity index (χ2n) is 16.7. The predicted octanol–water partition coefficient (Wildman–Crippen LogP) is 9.03. The fourth-order valence-corrected chi connectivity index (χ4v) is 7.98. The Morgan fingerprint density at radius 2 is 1.61 bits per heavy atom. The molecular weight excluding hydrogens is 640 g/mol. The number of carbonyl (C=O) groups is 2. The lowest BCUT2D eigenvalue weighted by Crippen LogP contribution is -2.47. The average Bonchev–Trinajstić information content (AvgIpc) is 3.86. The summed E-state index contributed by atoms with van der Waals surface area (Å²) in [6.07, 6.45) is 8.81. The summed E-state index contributed by atoms with van der Waals surface area (Å²) < 4.78 is 11.3. The van der Waals surface area contributed by atoms with Gasteiger partial charge in [-0.1, -0.05) is 55.8 Å². The molecule has 3 atom stereocenters. The molecule has 1 saturated heterocycles. The molecule has 1 aliphatic heterocycles. The van der Waals surface area contributed by atoms with E-state index in [0.717, 1.165) is 96.8 Å². The molecular formula is C41H52N6O4. The maximum Gasteiger partial charge on any atom is 0.410 e. The van der Waals surface area contributed by atoms with Gasteiger partial charge in [0, 0.05) is 29.3 Å². The zero-order valence-corrected chi connectivity index (χ0v) is 31.1. The summed E-state index contributed by atoms with van der Waals surface area (Å²) in [5.74, 6) is 1.74. The number of carbonyl (C=O) groups excluding carboxylic acids is 2. The number of benzene rings is 2. The number of imidazole rings is 2. The van der Waals surface area contributed by atoms with Crippen molar-refractivity contribution in [3.05, 3.63) is 71.6 Å². The third kappa shape index (κ3) is 7.28. The molecule has 10 nitrogen and oxygen atoms in total. The minimum Gasteiger partial charge on any atom is -0.444 e. The summed E-state index contributed by atoms with van der Waals surface area (Å²) in [6, 6.07) is 15.2. The van der Waals surface area contributed by atoms with Crippen LogP contribution < -0.4 is 5.32 Å². The zero-order chi connectivity index (χ0) is 36.1. The van der Waals surface area contributed by atoms with Crippen LogP contribution >= 0.6 is 0 Å². The van der Waals surface area contributed by atoms with Gasteiger partial charge >= 0.3 is 12.2 Å². The number of hydrogen-bond donors (Lipinski definition) is 3. The van der Waals surface area contributed by atoms with E-state index in [1.807, 2.05) is 52.6 Å². The first-order valence-electron chi connectivity index (χ1n) is 18.5. The number of fused-ring (bicyclic) bond motifs is 3. The minimum atomic E-state index is -0.544. The van der Waals surface area contributed by atoms with E-state index in [0.29, 0.717) is 6.54 Å². The van der Waals surface area contributed by atoms with Gasteiger partial charge in [-0.15, -0.1) is 0 Å². The van der Waals surface area contributed by atoms with Crippen LogP contribution in [-0.4, -0.2) is 60.8 Å². The first-order chi connectivity index (χ1) is 24.2. The molecule has 4 aromatic rings. The summed E-state index contributed by atoms with van der Waals surface area (Å²) in [5.41, 5.74) is 7.56. The van der Waals surface area contributed by atoms with Crippen molar-refractivity contribution < 1.29 is 19.1 Å². The maximum atomic E-state index is 13.0. The Morgan fingerprint density at radius 3 is 2.35 bits per heavy atom. The molecule has 3 heterocycles. The number of nitrogens with zero attached hydrogens (tertiary/aromatic N) is 3. The van der Waals surface area contributed by atoms with E-state index >= 15 is 0 Å². The van der Waals surface area contributed by atoms with E-state index in [4.69, 9.17) is 19.4 Å². The smallest absolute Gasteiger partial charge is 0.410 e. The Kier molecular flexibility index (Phi) is 9.00. The van der Waals surface area contributed by atoms with Gasteiger partial charge in [-0.2, -0.15) is 0 Å². The molecule has 3 N–H and O–H groups in total. The van der Waals surface area contributed by atoms with Gasteiger partial charge < -0.3 is 24.8 Å². The number of amides is 2. The largest absolute Gasteiger partial charge is 0.444 e. The number of aromatic nitrogens is 4. The molecule has 1 saturated carbocycles. The van der Waals surface area contributed by atoms with Crippen LogP contribution in [0.4, 0.5) is 9.59 Å². The van der Waals surface area contributed by atoms with E-state index in [1.54, 1.807) is 0 Å². The van der Waals surface area contributed by atoms with Crippen molar-refractivity contribution in [1.82, 2.24) is 30.2 Å². The van der Waals surface area contributed by atoms with Crippen LogP contribution in [0, 0.1) is 0 Å². The third-order valence-electron chi connectivity index (χ3n) is 10.5. The summed E-state index contributed by atoms with van der Waals surface area (Å²) in [7, 11) is 0. The number of ether oxygens (including phenoxy) is 2. The number of likely N-dealkylation sites (tertiary alicyclic amines) is 1. The summed E-state index contributed by atoms with van der Waals surface area (Å²) in [4.78, 5) is 44.6. The SMILES string of the molecule is CC(C)(C)OC(=O)NC1CCCC1(C)c1ncc(-c2ccc(-c3ccc4c(c3)CCCc3[nH]c(C5CCCN5C(=O)OC(C)(C)C)nc3-4)cc2)[nH]1. The minimum absolute atomic E-state index is 0.0549. The highest BCUT2D eigenvalue weighted by molar-refractivity contribution is 5.76. The number of hydrogen-bond acceptors (Lipinski definition) is 6. The lowest BCUT2D eigenvalue weighted by molar-refractivity contribution is 0.0218. The Labute approximate surface area is 301 Å². The van der Waals surface area contributed by atoms with Crippen LogP contribution in [0.1, 0.15) is 116 Å². The number of alkyl carbamates (subject to hydrolysis) is 1. The van der Waals surface area contributed by atoms with Crippen molar-refractivity contribution in [2.75, 3.05) is 6.54 Å². The summed E-state index contributed by atoms with van der Waals surface area (Å²) >= 11 is 0. The Morgan fingerprint density at radius 1 is 0.882 bits per heavy atom. The quantitative estimate of drug-likeness (QED) is 0.192. The maximum absolute atomic E-state index is 13.0. The van der Waals surface area contributed by atoms with Crippen LogP contribution in [0.3, 0.4) is 0 Å². The number of rotatable bonds is 5. The number of aryl methyl sites for hydroxylation is 2. The van der Waals surface area contributed by atoms with Crippen molar-refractivity contribution in [1.29, 1.82) is 0 Å². The molecule has 3 aliphatic rings. The van der Waals surface area contributed by atoms with Crippen LogP contribution in [0.5, 0.6) is 0 Å². The van der Waals surface area contributed by atoms with E-state index in [2.05, 4.69) is 64.7 Å². The average molecular weight is 693 g/mol. The molecule has 2 aromatic heterocycles. The van der Waals surface area contributed by atoms with Crippen molar-refractivity contribution in [3.8, 4) is 33.6 Å². The lowest BCUT2D eigenvalue weighted by Gasteiger charge is -2.31. The van der Waals surface area contributed by atoms with Gasteiger partial charge in [0.25, 0.3) is 0 Å². The third-order valence-corrected chi connectivity index (χ3v) is 10.5. The molecule has 0 spiro atoms. The van der Waals surface area contributed by atoms with Gasteiger partial charge in [-0.3, -0.25) is 4.90 Å². The van der Waals surface area contributed by atoms with Gasteiger partial charge in [0.05, 0.1) is 23.6 Å². The van der Waals surface area contributed by atoms with Gasteiger partial charge in [-0.05, 0) is 109 Å². The highest BCUT2D eigenvalue weighted by atomic mass is 16.6. The molecule has 2 fully saturated rings. The topological polar surface area (TPSA) is 125 Å². The fourth-order valence-electron chi connectivity index (χ4n) is 7.98.